The lowest BCUT2D eigenvalue weighted by Crippen LogP contribution is -2.31. The number of nitrogens with one attached hydrogen (secondary N) is 2. The van der Waals surface area contributed by atoms with Crippen LogP contribution >= 0.6 is 11.8 Å². The highest BCUT2D eigenvalue weighted by Gasteiger charge is 2.20. The van der Waals surface area contributed by atoms with Crippen LogP contribution in [0.2, 0.25) is 0 Å². The van der Waals surface area contributed by atoms with E-state index in [0.717, 1.165) is 5.75 Å². The van der Waals surface area contributed by atoms with Crippen LogP contribution in [0.3, 0.4) is 0 Å². The average molecular weight is 437 g/mol. The number of ether oxygens (including phenoxy) is 1. The zero-order valence-electron chi connectivity index (χ0n) is 17.2. The van der Waals surface area contributed by atoms with Crippen molar-refractivity contribution in [2.75, 3.05) is 19.4 Å². The molecule has 29 heavy (non-hydrogen) atoms. The van der Waals surface area contributed by atoms with E-state index < -0.39 is 10.0 Å². The van der Waals surface area contributed by atoms with Gasteiger partial charge in [0.05, 0.1) is 17.6 Å². The predicted octanol–water partition coefficient (Wildman–Crippen LogP) is 3.35. The lowest BCUT2D eigenvalue weighted by atomic mass is 10.1. The van der Waals surface area contributed by atoms with E-state index in [2.05, 4.69) is 29.1 Å². The number of methoxy groups -OCH3 is 1. The first-order valence-electron chi connectivity index (χ1n) is 9.35. The molecule has 6 nitrogen and oxygen atoms in total. The monoisotopic (exact) mass is 436 g/mol. The molecule has 1 amide bonds. The lowest BCUT2D eigenvalue weighted by Gasteiger charge is -2.13. The van der Waals surface area contributed by atoms with Gasteiger partial charge in [-0.3, -0.25) is 4.79 Å². The van der Waals surface area contributed by atoms with Gasteiger partial charge >= 0.3 is 0 Å². The number of carbonyl (C=O) groups is 1. The molecule has 0 aliphatic carbocycles. The Kier molecular flexibility index (Phi) is 8.55. The SMILES string of the molecule is COc1ccc(S(=O)(=O)NCCSCc2ccccc2C)cc1C(=O)NC(C)C. The van der Waals surface area contributed by atoms with Crippen LogP contribution in [-0.4, -0.2) is 39.8 Å². The molecule has 0 heterocycles. The minimum atomic E-state index is -3.72. The quantitative estimate of drug-likeness (QED) is 0.558. The molecule has 0 radical (unpaired) electrons. The van der Waals surface area contributed by atoms with Gasteiger partial charge in [0, 0.05) is 24.1 Å². The fourth-order valence-electron chi connectivity index (χ4n) is 2.66. The van der Waals surface area contributed by atoms with Gasteiger partial charge in [-0.05, 0) is 50.1 Å². The molecule has 2 aromatic carbocycles. The van der Waals surface area contributed by atoms with Gasteiger partial charge in [-0.15, -0.1) is 0 Å². The minimum absolute atomic E-state index is 0.0381. The van der Waals surface area contributed by atoms with Crippen molar-refractivity contribution in [1.82, 2.24) is 10.0 Å². The summed E-state index contributed by atoms with van der Waals surface area (Å²) >= 11 is 1.67. The molecule has 0 fully saturated rings. The van der Waals surface area contributed by atoms with Crippen molar-refractivity contribution in [3.8, 4) is 5.75 Å². The number of benzene rings is 2. The van der Waals surface area contributed by atoms with Crippen LogP contribution in [0, 0.1) is 6.92 Å². The summed E-state index contributed by atoms with van der Waals surface area (Å²) in [5, 5.41) is 2.75. The highest BCUT2D eigenvalue weighted by Crippen LogP contribution is 2.23. The number of thioether (sulfide) groups is 1. The van der Waals surface area contributed by atoms with Crippen molar-refractivity contribution >= 4 is 27.7 Å². The molecule has 0 saturated carbocycles. The molecule has 2 rings (SSSR count). The van der Waals surface area contributed by atoms with Crippen molar-refractivity contribution in [2.24, 2.45) is 0 Å². The zero-order chi connectivity index (χ0) is 21.4. The first-order chi connectivity index (χ1) is 13.7. The first-order valence-corrected chi connectivity index (χ1v) is 12.0. The summed E-state index contributed by atoms with van der Waals surface area (Å²) in [7, 11) is -2.28. The second-order valence-corrected chi connectivity index (χ2v) is 9.74. The van der Waals surface area contributed by atoms with Crippen molar-refractivity contribution in [3.63, 3.8) is 0 Å². The summed E-state index contributed by atoms with van der Waals surface area (Å²) in [6.07, 6.45) is 0. The molecule has 0 atom stereocenters. The Morgan fingerprint density at radius 3 is 2.55 bits per heavy atom. The van der Waals surface area contributed by atoms with Crippen LogP contribution < -0.4 is 14.8 Å². The van der Waals surface area contributed by atoms with Gasteiger partial charge < -0.3 is 10.1 Å². The minimum Gasteiger partial charge on any atom is -0.496 e. The van der Waals surface area contributed by atoms with E-state index in [-0.39, 0.29) is 22.4 Å². The maximum atomic E-state index is 12.6. The maximum absolute atomic E-state index is 12.6. The van der Waals surface area contributed by atoms with Crippen molar-refractivity contribution in [3.05, 3.63) is 59.2 Å². The smallest absolute Gasteiger partial charge is 0.255 e. The third-order valence-electron chi connectivity index (χ3n) is 4.20. The third kappa shape index (κ3) is 6.76. The molecule has 0 aliphatic rings. The largest absolute Gasteiger partial charge is 0.496 e. The Labute approximate surface area is 177 Å². The molecule has 2 aromatic rings. The van der Waals surface area contributed by atoms with E-state index in [1.54, 1.807) is 11.8 Å². The topological polar surface area (TPSA) is 84.5 Å². The Morgan fingerprint density at radius 1 is 1.17 bits per heavy atom. The van der Waals surface area contributed by atoms with Crippen LogP contribution in [0.25, 0.3) is 0 Å². The average Bonchev–Trinajstić information content (AvgIpc) is 2.68. The van der Waals surface area contributed by atoms with Crippen molar-refractivity contribution < 1.29 is 17.9 Å². The van der Waals surface area contributed by atoms with E-state index >= 15 is 0 Å². The van der Waals surface area contributed by atoms with Gasteiger partial charge in [-0.25, -0.2) is 13.1 Å². The molecular weight excluding hydrogens is 408 g/mol. The van der Waals surface area contributed by atoms with Crippen LogP contribution in [0.5, 0.6) is 5.75 Å². The van der Waals surface area contributed by atoms with Crippen LogP contribution in [0.1, 0.15) is 35.3 Å². The molecule has 0 unspecified atom stereocenters. The third-order valence-corrected chi connectivity index (χ3v) is 6.67. The number of carbonyl (C=O) groups excluding carboxylic acids is 1. The molecule has 2 N–H and O–H groups in total. The number of aryl methyl sites for hydroxylation is 1. The van der Waals surface area contributed by atoms with E-state index in [1.165, 1.54) is 36.4 Å². The van der Waals surface area contributed by atoms with Gasteiger partial charge in [0.1, 0.15) is 5.75 Å². The Bertz CT molecular complexity index is 943. The second kappa shape index (κ2) is 10.7. The summed E-state index contributed by atoms with van der Waals surface area (Å²) in [6, 6.07) is 12.4. The number of hydrogen-bond donors (Lipinski definition) is 2. The number of hydrogen-bond acceptors (Lipinski definition) is 5. The number of amides is 1. The van der Waals surface area contributed by atoms with Gasteiger partial charge in [-0.2, -0.15) is 11.8 Å². The van der Waals surface area contributed by atoms with Crippen LogP contribution in [0.15, 0.2) is 47.4 Å². The van der Waals surface area contributed by atoms with Crippen molar-refractivity contribution in [2.45, 2.75) is 37.5 Å². The molecule has 8 heteroatoms. The Balaban J connectivity index is 1.99. The highest BCUT2D eigenvalue weighted by molar-refractivity contribution is 7.98. The van der Waals surface area contributed by atoms with Gasteiger partial charge in [0.15, 0.2) is 0 Å². The normalized spacial score (nSPS) is 11.5. The molecular formula is C21H28N2O4S2. The standard InChI is InChI=1S/C21H28N2O4S2/c1-15(2)23-21(24)19-13-18(9-10-20(19)27-4)29(25,26)22-11-12-28-14-17-8-6-5-7-16(17)3/h5-10,13,15,22H,11-12,14H2,1-4H3,(H,23,24). The number of sulfonamides is 1. The fraction of sp³-hybridized carbons (Fsp3) is 0.381. The van der Waals surface area contributed by atoms with E-state index in [1.807, 2.05) is 26.0 Å². The Morgan fingerprint density at radius 2 is 1.90 bits per heavy atom. The van der Waals surface area contributed by atoms with Crippen molar-refractivity contribution in [1.29, 1.82) is 0 Å². The summed E-state index contributed by atoms with van der Waals surface area (Å²) < 4.78 is 33.0. The molecule has 0 aliphatic heterocycles. The maximum Gasteiger partial charge on any atom is 0.255 e. The first kappa shape index (κ1) is 23.3. The van der Waals surface area contributed by atoms with Crippen LogP contribution in [0.4, 0.5) is 0 Å². The number of rotatable bonds is 10. The lowest BCUT2D eigenvalue weighted by molar-refractivity contribution is 0.0940. The molecule has 0 spiro atoms. The Hall–Kier alpha value is -2.03. The predicted molar refractivity (Wildman–Crippen MR) is 118 cm³/mol. The highest BCUT2D eigenvalue weighted by atomic mass is 32.2. The van der Waals surface area contributed by atoms with E-state index in [9.17, 15) is 13.2 Å². The van der Waals surface area contributed by atoms with E-state index in [0.29, 0.717) is 18.0 Å². The van der Waals surface area contributed by atoms with Gasteiger partial charge in [0.25, 0.3) is 5.91 Å². The fourth-order valence-corrected chi connectivity index (χ4v) is 4.78. The van der Waals surface area contributed by atoms with Gasteiger partial charge in [0.2, 0.25) is 10.0 Å². The summed E-state index contributed by atoms with van der Waals surface area (Å²) in [4.78, 5) is 12.4. The van der Waals surface area contributed by atoms with Gasteiger partial charge in [-0.1, -0.05) is 24.3 Å². The summed E-state index contributed by atoms with van der Waals surface area (Å²) in [6.45, 7) is 6.04. The summed E-state index contributed by atoms with van der Waals surface area (Å²) in [5.74, 6) is 1.43. The summed E-state index contributed by atoms with van der Waals surface area (Å²) in [5.41, 5.74) is 2.67. The zero-order valence-corrected chi connectivity index (χ0v) is 18.8. The molecule has 0 aromatic heterocycles. The molecule has 0 bridgehead atoms. The second-order valence-electron chi connectivity index (χ2n) is 6.87. The van der Waals surface area contributed by atoms with Crippen LogP contribution in [-0.2, 0) is 15.8 Å². The molecule has 158 valence electrons. The van der Waals surface area contributed by atoms with E-state index in [4.69, 9.17) is 4.74 Å². The molecule has 0 saturated heterocycles.